The largest absolute Gasteiger partial charge is 0.257 e. The standard InChI is InChI=1S/C14H10BrClN4O2S/c15-11-3-6-13-17-14(18-20(13)9-11)19-23(21,22)8-7-10-1-4-12(16)5-2-10/h1-9H,(H,18,19). The van der Waals surface area contributed by atoms with Crippen molar-refractivity contribution in [3.63, 3.8) is 0 Å². The number of anilines is 1. The molecular formula is C14H10BrClN4O2S. The van der Waals surface area contributed by atoms with Gasteiger partial charge in [-0.3, -0.25) is 0 Å². The maximum absolute atomic E-state index is 12.1. The van der Waals surface area contributed by atoms with E-state index in [-0.39, 0.29) is 5.95 Å². The fraction of sp³-hybridized carbons (Fsp3) is 0. The number of pyridine rings is 1. The molecule has 0 spiro atoms. The molecule has 0 aliphatic carbocycles. The summed E-state index contributed by atoms with van der Waals surface area (Å²) >= 11 is 9.09. The fourth-order valence-electron chi connectivity index (χ4n) is 1.80. The molecule has 0 amide bonds. The maximum Gasteiger partial charge on any atom is 0.257 e. The molecule has 0 unspecified atom stereocenters. The molecule has 0 bridgehead atoms. The molecule has 0 aliphatic rings. The van der Waals surface area contributed by atoms with Gasteiger partial charge in [-0.15, -0.1) is 5.10 Å². The van der Waals surface area contributed by atoms with E-state index in [0.717, 1.165) is 9.88 Å². The Bertz CT molecular complexity index is 984. The highest BCUT2D eigenvalue weighted by Crippen LogP contribution is 2.14. The Kier molecular flexibility index (Phi) is 4.38. The monoisotopic (exact) mass is 412 g/mol. The number of hydrogen-bond donors (Lipinski definition) is 1. The van der Waals surface area contributed by atoms with Gasteiger partial charge in [0.25, 0.3) is 16.0 Å². The summed E-state index contributed by atoms with van der Waals surface area (Å²) in [6.45, 7) is 0. The zero-order valence-corrected chi connectivity index (χ0v) is 14.7. The fourth-order valence-corrected chi connectivity index (χ4v) is 3.00. The number of hydrogen-bond acceptors (Lipinski definition) is 4. The lowest BCUT2D eigenvalue weighted by Crippen LogP contribution is -2.10. The van der Waals surface area contributed by atoms with E-state index < -0.39 is 10.0 Å². The van der Waals surface area contributed by atoms with Crippen LogP contribution in [-0.2, 0) is 10.0 Å². The van der Waals surface area contributed by atoms with Gasteiger partial charge in [0, 0.05) is 15.7 Å². The van der Waals surface area contributed by atoms with Gasteiger partial charge in [-0.1, -0.05) is 23.7 Å². The van der Waals surface area contributed by atoms with Gasteiger partial charge in [0.2, 0.25) is 0 Å². The van der Waals surface area contributed by atoms with Gasteiger partial charge in [0.05, 0.1) is 5.41 Å². The van der Waals surface area contributed by atoms with Crippen molar-refractivity contribution in [2.75, 3.05) is 4.72 Å². The predicted octanol–water partition coefficient (Wildman–Crippen LogP) is 3.56. The van der Waals surface area contributed by atoms with E-state index in [1.54, 1.807) is 42.6 Å². The van der Waals surface area contributed by atoms with Gasteiger partial charge >= 0.3 is 0 Å². The lowest BCUT2D eigenvalue weighted by Gasteiger charge is -1.98. The van der Waals surface area contributed by atoms with Crippen molar-refractivity contribution in [2.24, 2.45) is 0 Å². The van der Waals surface area contributed by atoms with E-state index in [9.17, 15) is 8.42 Å². The average molecular weight is 414 g/mol. The normalized spacial score (nSPS) is 12.1. The molecule has 6 nitrogen and oxygen atoms in total. The molecule has 0 radical (unpaired) electrons. The minimum absolute atomic E-state index is 0.00357. The van der Waals surface area contributed by atoms with Crippen LogP contribution in [0.1, 0.15) is 5.56 Å². The minimum atomic E-state index is -3.71. The second kappa shape index (κ2) is 6.31. The van der Waals surface area contributed by atoms with Crippen molar-refractivity contribution >= 4 is 55.2 Å². The number of nitrogens with zero attached hydrogens (tertiary/aromatic N) is 3. The molecule has 9 heteroatoms. The van der Waals surface area contributed by atoms with Gasteiger partial charge in [0.1, 0.15) is 0 Å². The van der Waals surface area contributed by atoms with Crippen LogP contribution in [0.3, 0.4) is 0 Å². The molecule has 3 aromatic rings. The summed E-state index contributed by atoms with van der Waals surface area (Å²) in [5.74, 6) is 0.00357. The molecule has 3 rings (SSSR count). The van der Waals surface area contributed by atoms with Gasteiger partial charge in [0.15, 0.2) is 5.65 Å². The Morgan fingerprint density at radius 2 is 1.91 bits per heavy atom. The maximum atomic E-state index is 12.1. The minimum Gasteiger partial charge on any atom is -0.246 e. The van der Waals surface area contributed by atoms with Crippen LogP contribution < -0.4 is 4.72 Å². The van der Waals surface area contributed by atoms with Gasteiger partial charge in [-0.25, -0.2) is 17.7 Å². The van der Waals surface area contributed by atoms with Crippen LogP contribution in [0.4, 0.5) is 5.95 Å². The first-order chi connectivity index (χ1) is 10.9. The Hall–Kier alpha value is -1.90. The summed E-state index contributed by atoms with van der Waals surface area (Å²) in [7, 11) is -3.71. The van der Waals surface area contributed by atoms with E-state index in [1.807, 2.05) is 0 Å². The summed E-state index contributed by atoms with van der Waals surface area (Å²) in [6.07, 6.45) is 3.15. The zero-order chi connectivity index (χ0) is 16.4. The van der Waals surface area contributed by atoms with Crippen molar-refractivity contribution in [1.29, 1.82) is 0 Å². The summed E-state index contributed by atoms with van der Waals surface area (Å²) in [4.78, 5) is 4.10. The first kappa shape index (κ1) is 16.0. The number of sulfonamides is 1. The molecule has 0 aliphatic heterocycles. The molecular weight excluding hydrogens is 404 g/mol. The lowest BCUT2D eigenvalue weighted by molar-refractivity contribution is 0.609. The van der Waals surface area contributed by atoms with E-state index in [2.05, 4.69) is 30.7 Å². The molecule has 2 aromatic heterocycles. The summed E-state index contributed by atoms with van der Waals surface area (Å²) in [5, 5.41) is 5.70. The number of rotatable bonds is 4. The van der Waals surface area contributed by atoms with Crippen molar-refractivity contribution in [3.8, 4) is 0 Å². The van der Waals surface area contributed by atoms with Crippen molar-refractivity contribution in [1.82, 2.24) is 14.6 Å². The summed E-state index contributed by atoms with van der Waals surface area (Å²) in [6, 6.07) is 10.3. The number of fused-ring (bicyclic) bond motifs is 1. The SMILES string of the molecule is O=S(=O)(C=Cc1ccc(Cl)cc1)Nc1nc2ccc(Br)cn2n1. The number of nitrogens with one attached hydrogen (secondary N) is 1. The lowest BCUT2D eigenvalue weighted by atomic mass is 10.2. The van der Waals surface area contributed by atoms with Crippen LogP contribution in [0.15, 0.2) is 52.5 Å². The summed E-state index contributed by atoms with van der Waals surface area (Å²) < 4.78 is 28.7. The molecule has 23 heavy (non-hydrogen) atoms. The van der Waals surface area contributed by atoms with Crippen molar-refractivity contribution in [3.05, 3.63) is 63.1 Å². The van der Waals surface area contributed by atoms with Crippen LogP contribution in [0.25, 0.3) is 11.7 Å². The molecule has 0 atom stereocenters. The smallest absolute Gasteiger partial charge is 0.246 e. The molecule has 0 fully saturated rings. The van der Waals surface area contributed by atoms with E-state index in [0.29, 0.717) is 16.2 Å². The number of benzene rings is 1. The van der Waals surface area contributed by atoms with Gasteiger partial charge in [-0.2, -0.15) is 4.98 Å². The quantitative estimate of drug-likeness (QED) is 0.709. The third-order valence-corrected chi connectivity index (χ3v) is 4.52. The van der Waals surface area contributed by atoms with Gasteiger partial charge < -0.3 is 0 Å². The highest BCUT2D eigenvalue weighted by Gasteiger charge is 2.10. The topological polar surface area (TPSA) is 76.4 Å². The number of aromatic nitrogens is 3. The summed E-state index contributed by atoms with van der Waals surface area (Å²) in [5.41, 5.74) is 1.25. The highest BCUT2D eigenvalue weighted by molar-refractivity contribution is 9.10. The average Bonchev–Trinajstić information content (AvgIpc) is 2.87. The molecule has 0 saturated heterocycles. The van der Waals surface area contributed by atoms with Crippen LogP contribution in [0, 0.1) is 0 Å². The van der Waals surface area contributed by atoms with Crippen molar-refractivity contribution < 1.29 is 8.42 Å². The Morgan fingerprint density at radius 3 is 2.65 bits per heavy atom. The third-order valence-electron chi connectivity index (χ3n) is 2.84. The molecule has 118 valence electrons. The van der Waals surface area contributed by atoms with Gasteiger partial charge in [-0.05, 0) is 51.8 Å². The van der Waals surface area contributed by atoms with Crippen molar-refractivity contribution in [2.45, 2.75) is 0 Å². The molecule has 1 aromatic carbocycles. The Balaban J connectivity index is 1.80. The second-order valence-corrected chi connectivity index (χ2v) is 7.51. The van der Waals surface area contributed by atoms with E-state index >= 15 is 0 Å². The van der Waals surface area contributed by atoms with Crippen LogP contribution in [0.2, 0.25) is 5.02 Å². The highest BCUT2D eigenvalue weighted by atomic mass is 79.9. The Labute approximate surface area is 146 Å². The third kappa shape index (κ3) is 4.10. The zero-order valence-electron chi connectivity index (χ0n) is 11.5. The van der Waals surface area contributed by atoms with Crippen LogP contribution in [0.5, 0.6) is 0 Å². The number of halogens is 2. The molecule has 1 N–H and O–H groups in total. The predicted molar refractivity (Wildman–Crippen MR) is 93.7 cm³/mol. The molecule has 2 heterocycles. The first-order valence-corrected chi connectivity index (χ1v) is 9.11. The van der Waals surface area contributed by atoms with E-state index in [4.69, 9.17) is 11.6 Å². The second-order valence-electron chi connectivity index (χ2n) is 4.59. The Morgan fingerprint density at radius 1 is 1.17 bits per heavy atom. The van der Waals surface area contributed by atoms with Crippen LogP contribution >= 0.6 is 27.5 Å². The first-order valence-electron chi connectivity index (χ1n) is 6.40. The van der Waals surface area contributed by atoms with Crippen LogP contribution in [-0.4, -0.2) is 23.0 Å². The molecule has 0 saturated carbocycles. The van der Waals surface area contributed by atoms with E-state index in [1.165, 1.54) is 10.6 Å².